The smallest absolute Gasteiger partial charge is 0.323 e. The monoisotopic (exact) mass is 368 g/mol. The summed E-state index contributed by atoms with van der Waals surface area (Å²) in [5.41, 5.74) is 2.20. The fraction of sp³-hybridized carbons (Fsp3) is 0.133. The number of anilines is 2. The van der Waals surface area contributed by atoms with Crippen LogP contribution in [0.1, 0.15) is 5.56 Å². The van der Waals surface area contributed by atoms with Gasteiger partial charge >= 0.3 is 6.03 Å². The lowest BCUT2D eigenvalue weighted by Gasteiger charge is -2.13. The minimum Gasteiger partial charge on any atom is -0.495 e. The Bertz CT molecular complexity index is 677. The Morgan fingerprint density at radius 2 is 1.86 bits per heavy atom. The minimum absolute atomic E-state index is 0.360. The van der Waals surface area contributed by atoms with Crippen LogP contribution in [0.5, 0.6) is 5.75 Å². The molecule has 2 aromatic rings. The van der Waals surface area contributed by atoms with Crippen molar-refractivity contribution in [1.29, 1.82) is 0 Å². The van der Waals surface area contributed by atoms with Crippen LogP contribution in [-0.2, 0) is 0 Å². The van der Waals surface area contributed by atoms with Crippen LogP contribution in [0.3, 0.4) is 0 Å². The molecule has 0 saturated heterocycles. The molecule has 0 atom stereocenters. The second kappa shape index (κ2) is 6.83. The number of carbonyl (C=O) groups excluding carboxylic acids is 1. The fourth-order valence-electron chi connectivity index (χ4n) is 1.82. The number of hydrogen-bond acceptors (Lipinski definition) is 2. The minimum atomic E-state index is -0.360. The number of benzene rings is 2. The zero-order chi connectivity index (χ0) is 15.4. The highest BCUT2D eigenvalue weighted by Gasteiger charge is 2.09. The molecular weight excluding hydrogens is 356 g/mol. The summed E-state index contributed by atoms with van der Waals surface area (Å²) in [6, 6.07) is 10.3. The number of halogens is 2. The molecular formula is C15H14BrClN2O2. The second-order valence-corrected chi connectivity index (χ2v) is 5.74. The van der Waals surface area contributed by atoms with Gasteiger partial charge in [-0.2, -0.15) is 0 Å². The molecule has 0 spiro atoms. The quantitative estimate of drug-likeness (QED) is 0.794. The number of methoxy groups -OCH3 is 1. The Morgan fingerprint density at radius 3 is 2.52 bits per heavy atom. The predicted octanol–water partition coefficient (Wildman–Crippen LogP) is 5.06. The molecule has 2 amide bonds. The molecule has 0 saturated carbocycles. The van der Waals surface area contributed by atoms with Crippen molar-refractivity contribution in [2.24, 2.45) is 0 Å². The summed E-state index contributed by atoms with van der Waals surface area (Å²) in [5.74, 6) is 0.544. The van der Waals surface area contributed by atoms with Crippen molar-refractivity contribution in [3.8, 4) is 5.75 Å². The number of nitrogens with one attached hydrogen (secondary N) is 2. The van der Waals surface area contributed by atoms with Crippen LogP contribution in [0.25, 0.3) is 0 Å². The van der Waals surface area contributed by atoms with E-state index in [2.05, 4.69) is 26.6 Å². The SMILES string of the molecule is COc1ccc(Cl)cc1NC(=O)Nc1ccc(Br)cc1C. The topological polar surface area (TPSA) is 50.4 Å². The average molecular weight is 370 g/mol. The molecule has 0 heterocycles. The van der Waals surface area contributed by atoms with Gasteiger partial charge in [-0.3, -0.25) is 0 Å². The first-order chi connectivity index (χ1) is 9.99. The van der Waals surface area contributed by atoms with Gasteiger partial charge in [0, 0.05) is 15.2 Å². The zero-order valence-corrected chi connectivity index (χ0v) is 13.9. The van der Waals surface area contributed by atoms with Gasteiger partial charge in [0.1, 0.15) is 5.75 Å². The van der Waals surface area contributed by atoms with Gasteiger partial charge in [-0.1, -0.05) is 27.5 Å². The van der Waals surface area contributed by atoms with Gasteiger partial charge in [-0.15, -0.1) is 0 Å². The van der Waals surface area contributed by atoms with Crippen LogP contribution in [0.15, 0.2) is 40.9 Å². The van der Waals surface area contributed by atoms with Crippen molar-refractivity contribution in [1.82, 2.24) is 0 Å². The van der Waals surface area contributed by atoms with Crippen LogP contribution in [0.2, 0.25) is 5.02 Å². The largest absolute Gasteiger partial charge is 0.495 e. The van der Waals surface area contributed by atoms with Crippen LogP contribution >= 0.6 is 27.5 Å². The third kappa shape index (κ3) is 4.12. The average Bonchev–Trinajstić information content (AvgIpc) is 2.42. The Morgan fingerprint density at radius 1 is 1.14 bits per heavy atom. The highest BCUT2D eigenvalue weighted by Crippen LogP contribution is 2.28. The third-order valence-corrected chi connectivity index (χ3v) is 3.57. The highest BCUT2D eigenvalue weighted by molar-refractivity contribution is 9.10. The third-order valence-electron chi connectivity index (χ3n) is 2.85. The summed E-state index contributed by atoms with van der Waals surface area (Å²) in [6.45, 7) is 1.92. The molecule has 0 aliphatic rings. The van der Waals surface area contributed by atoms with Gasteiger partial charge in [-0.25, -0.2) is 4.79 Å². The van der Waals surface area contributed by atoms with Crippen LogP contribution < -0.4 is 15.4 Å². The predicted molar refractivity (Wildman–Crippen MR) is 89.5 cm³/mol. The molecule has 0 bridgehead atoms. The molecule has 0 aromatic heterocycles. The Hall–Kier alpha value is -1.72. The molecule has 0 unspecified atom stereocenters. The van der Waals surface area contributed by atoms with E-state index >= 15 is 0 Å². The maximum atomic E-state index is 12.1. The van der Waals surface area contributed by atoms with E-state index in [1.54, 1.807) is 18.2 Å². The van der Waals surface area contributed by atoms with E-state index < -0.39 is 0 Å². The number of hydrogen-bond donors (Lipinski definition) is 2. The van der Waals surface area contributed by atoms with Gasteiger partial charge in [0.25, 0.3) is 0 Å². The van der Waals surface area contributed by atoms with E-state index in [9.17, 15) is 4.79 Å². The van der Waals surface area contributed by atoms with E-state index in [1.807, 2.05) is 25.1 Å². The highest BCUT2D eigenvalue weighted by atomic mass is 79.9. The molecule has 6 heteroatoms. The van der Waals surface area contributed by atoms with E-state index in [1.165, 1.54) is 7.11 Å². The van der Waals surface area contributed by atoms with Crippen molar-refractivity contribution >= 4 is 44.9 Å². The summed E-state index contributed by atoms with van der Waals surface area (Å²) in [6.07, 6.45) is 0. The van der Waals surface area contributed by atoms with Crippen molar-refractivity contribution in [3.05, 3.63) is 51.5 Å². The number of amides is 2. The summed E-state index contributed by atoms with van der Waals surface area (Å²) < 4.78 is 6.14. The van der Waals surface area contributed by atoms with E-state index in [0.29, 0.717) is 16.5 Å². The molecule has 2 aromatic carbocycles. The number of rotatable bonds is 3. The Balaban J connectivity index is 2.13. The molecule has 2 rings (SSSR count). The maximum Gasteiger partial charge on any atom is 0.323 e. The van der Waals surface area contributed by atoms with Gasteiger partial charge in [0.2, 0.25) is 0 Å². The van der Waals surface area contributed by atoms with E-state index in [-0.39, 0.29) is 6.03 Å². The van der Waals surface area contributed by atoms with Crippen LogP contribution in [0, 0.1) is 6.92 Å². The maximum absolute atomic E-state index is 12.1. The normalized spacial score (nSPS) is 10.1. The van der Waals surface area contributed by atoms with Crippen LogP contribution in [-0.4, -0.2) is 13.1 Å². The lowest BCUT2D eigenvalue weighted by Crippen LogP contribution is -2.20. The molecule has 110 valence electrons. The number of carbonyl (C=O) groups is 1. The summed E-state index contributed by atoms with van der Waals surface area (Å²) in [5, 5.41) is 6.03. The molecule has 0 aliphatic heterocycles. The summed E-state index contributed by atoms with van der Waals surface area (Å²) in [4.78, 5) is 12.1. The van der Waals surface area contributed by atoms with Crippen molar-refractivity contribution < 1.29 is 9.53 Å². The number of urea groups is 1. The van der Waals surface area contributed by atoms with Crippen LogP contribution in [0.4, 0.5) is 16.2 Å². The van der Waals surface area contributed by atoms with Gasteiger partial charge < -0.3 is 15.4 Å². The second-order valence-electron chi connectivity index (χ2n) is 4.38. The van der Waals surface area contributed by atoms with Crippen molar-refractivity contribution in [3.63, 3.8) is 0 Å². The van der Waals surface area contributed by atoms with Gasteiger partial charge in [0.05, 0.1) is 12.8 Å². The first kappa shape index (κ1) is 15.7. The Labute approximate surface area is 136 Å². The zero-order valence-electron chi connectivity index (χ0n) is 11.5. The molecule has 0 radical (unpaired) electrons. The summed E-state index contributed by atoms with van der Waals surface area (Å²) >= 11 is 9.31. The lowest BCUT2D eigenvalue weighted by atomic mass is 10.2. The first-order valence-electron chi connectivity index (χ1n) is 6.17. The van der Waals surface area contributed by atoms with Gasteiger partial charge in [0.15, 0.2) is 0 Å². The summed E-state index contributed by atoms with van der Waals surface area (Å²) in [7, 11) is 1.53. The fourth-order valence-corrected chi connectivity index (χ4v) is 2.47. The molecule has 4 nitrogen and oxygen atoms in total. The Kier molecular flexibility index (Phi) is 5.09. The standard InChI is InChI=1S/C15H14BrClN2O2/c1-9-7-10(16)3-5-12(9)18-15(20)19-13-8-11(17)4-6-14(13)21-2/h3-8H,1-2H3,(H2,18,19,20). The van der Waals surface area contributed by atoms with Crippen molar-refractivity contribution in [2.45, 2.75) is 6.92 Å². The van der Waals surface area contributed by atoms with Gasteiger partial charge in [-0.05, 0) is 48.9 Å². The molecule has 21 heavy (non-hydrogen) atoms. The van der Waals surface area contributed by atoms with E-state index in [4.69, 9.17) is 16.3 Å². The van der Waals surface area contributed by atoms with E-state index in [0.717, 1.165) is 15.7 Å². The molecule has 0 fully saturated rings. The number of ether oxygens (including phenoxy) is 1. The van der Waals surface area contributed by atoms with Crippen molar-refractivity contribution in [2.75, 3.05) is 17.7 Å². The molecule has 0 aliphatic carbocycles. The lowest BCUT2D eigenvalue weighted by molar-refractivity contribution is 0.262. The first-order valence-corrected chi connectivity index (χ1v) is 7.34. The molecule has 2 N–H and O–H groups in total. The number of aryl methyl sites for hydroxylation is 1.